The number of nitro benzene ring substituents is 1. The maximum absolute atomic E-state index is 10.9. The summed E-state index contributed by atoms with van der Waals surface area (Å²) >= 11 is 0. The van der Waals surface area contributed by atoms with Crippen molar-refractivity contribution in [2.75, 3.05) is 24.5 Å². The number of piperidine rings is 1. The van der Waals surface area contributed by atoms with Crippen LogP contribution in [0.15, 0.2) is 18.2 Å². The van der Waals surface area contributed by atoms with Crippen molar-refractivity contribution in [1.82, 2.24) is 5.32 Å². The first-order valence-electron chi connectivity index (χ1n) is 7.86. The summed E-state index contributed by atoms with van der Waals surface area (Å²) in [6.45, 7) is 3.04. The largest absolute Gasteiger partial charge is 0.371 e. The van der Waals surface area contributed by atoms with E-state index in [4.69, 9.17) is 5.26 Å². The summed E-state index contributed by atoms with van der Waals surface area (Å²) in [5.41, 5.74) is 0.943. The summed E-state index contributed by atoms with van der Waals surface area (Å²) in [4.78, 5) is 12.6. The van der Waals surface area contributed by atoms with E-state index in [-0.39, 0.29) is 11.3 Å². The number of nitro groups is 1. The minimum Gasteiger partial charge on any atom is -0.371 e. The zero-order valence-corrected chi connectivity index (χ0v) is 12.5. The van der Waals surface area contributed by atoms with Gasteiger partial charge >= 0.3 is 0 Å². The zero-order valence-electron chi connectivity index (χ0n) is 12.5. The van der Waals surface area contributed by atoms with Gasteiger partial charge in [0.1, 0.15) is 11.6 Å². The smallest absolute Gasteiger partial charge is 0.287 e. The lowest BCUT2D eigenvalue weighted by molar-refractivity contribution is -0.385. The van der Waals surface area contributed by atoms with Crippen molar-refractivity contribution in [3.63, 3.8) is 0 Å². The highest BCUT2D eigenvalue weighted by atomic mass is 16.6. The van der Waals surface area contributed by atoms with E-state index in [9.17, 15) is 10.1 Å². The van der Waals surface area contributed by atoms with Crippen molar-refractivity contribution in [2.24, 2.45) is 5.92 Å². The minimum atomic E-state index is -0.500. The molecule has 2 fully saturated rings. The Morgan fingerprint density at radius 3 is 2.68 bits per heavy atom. The van der Waals surface area contributed by atoms with Crippen LogP contribution in [0, 0.1) is 27.4 Å². The van der Waals surface area contributed by atoms with Gasteiger partial charge < -0.3 is 10.2 Å². The van der Waals surface area contributed by atoms with Gasteiger partial charge in [-0.05, 0) is 50.3 Å². The van der Waals surface area contributed by atoms with Crippen molar-refractivity contribution >= 4 is 11.4 Å². The SMILES string of the molecule is N#Cc1cc(N2CCC(C3CCCN3)CC2)ccc1[N+](=O)[O-]. The highest BCUT2D eigenvalue weighted by Crippen LogP contribution is 2.30. The summed E-state index contributed by atoms with van der Waals surface area (Å²) in [6.07, 6.45) is 4.83. The molecule has 0 spiro atoms. The average molecular weight is 300 g/mol. The van der Waals surface area contributed by atoms with Gasteiger partial charge in [0.2, 0.25) is 0 Å². The molecular weight excluding hydrogens is 280 g/mol. The second kappa shape index (κ2) is 6.32. The third kappa shape index (κ3) is 2.90. The van der Waals surface area contributed by atoms with Crippen LogP contribution in [-0.4, -0.2) is 30.6 Å². The molecule has 2 aliphatic rings. The summed E-state index contributed by atoms with van der Waals surface area (Å²) in [7, 11) is 0. The second-order valence-corrected chi connectivity index (χ2v) is 6.10. The lowest BCUT2D eigenvalue weighted by atomic mass is 9.88. The first kappa shape index (κ1) is 14.8. The van der Waals surface area contributed by atoms with Crippen LogP contribution in [0.25, 0.3) is 0 Å². The zero-order chi connectivity index (χ0) is 15.5. The Morgan fingerprint density at radius 2 is 2.09 bits per heavy atom. The van der Waals surface area contributed by atoms with Gasteiger partial charge in [0.25, 0.3) is 5.69 Å². The van der Waals surface area contributed by atoms with Gasteiger partial charge in [-0.25, -0.2) is 0 Å². The van der Waals surface area contributed by atoms with Gasteiger partial charge in [0.05, 0.1) is 4.92 Å². The van der Waals surface area contributed by atoms with Gasteiger partial charge in [-0.15, -0.1) is 0 Å². The number of benzene rings is 1. The Morgan fingerprint density at radius 1 is 1.32 bits per heavy atom. The standard InChI is InChI=1S/C16H20N4O2/c17-11-13-10-14(3-4-16(13)20(21)22)19-8-5-12(6-9-19)15-2-1-7-18-15/h3-4,10,12,15,18H,1-2,5-9H2. The van der Waals surface area contributed by atoms with Gasteiger partial charge in [-0.3, -0.25) is 10.1 Å². The van der Waals surface area contributed by atoms with Gasteiger partial charge in [-0.2, -0.15) is 5.26 Å². The number of nitrogens with one attached hydrogen (secondary N) is 1. The fourth-order valence-electron chi connectivity index (χ4n) is 3.64. The van der Waals surface area contributed by atoms with Gasteiger partial charge in [0, 0.05) is 30.9 Å². The molecule has 0 radical (unpaired) electrons. The van der Waals surface area contributed by atoms with Crippen LogP contribution in [0.4, 0.5) is 11.4 Å². The Kier molecular flexibility index (Phi) is 4.25. The molecule has 1 atom stereocenters. The van der Waals surface area contributed by atoms with Gasteiger partial charge in [-0.1, -0.05) is 0 Å². The van der Waals surface area contributed by atoms with E-state index in [1.54, 1.807) is 12.1 Å². The molecule has 6 heteroatoms. The van der Waals surface area contributed by atoms with E-state index in [0.717, 1.165) is 44.1 Å². The fraction of sp³-hybridized carbons (Fsp3) is 0.562. The molecule has 1 unspecified atom stereocenters. The van der Waals surface area contributed by atoms with Crippen LogP contribution in [-0.2, 0) is 0 Å². The molecule has 2 aliphatic heterocycles. The number of hydrogen-bond donors (Lipinski definition) is 1. The van der Waals surface area contributed by atoms with Crippen molar-refractivity contribution in [3.05, 3.63) is 33.9 Å². The van der Waals surface area contributed by atoms with Crippen molar-refractivity contribution < 1.29 is 4.92 Å². The van der Waals surface area contributed by atoms with Crippen molar-refractivity contribution in [3.8, 4) is 6.07 Å². The number of rotatable bonds is 3. The fourth-order valence-corrected chi connectivity index (χ4v) is 3.64. The normalized spacial score (nSPS) is 22.5. The highest BCUT2D eigenvalue weighted by molar-refractivity contribution is 5.60. The molecule has 1 aromatic carbocycles. The topological polar surface area (TPSA) is 82.2 Å². The molecule has 0 bridgehead atoms. The molecule has 6 nitrogen and oxygen atoms in total. The van der Waals surface area contributed by atoms with E-state index in [0.29, 0.717) is 6.04 Å². The number of nitriles is 1. The molecule has 2 saturated heterocycles. The summed E-state index contributed by atoms with van der Waals surface area (Å²) in [6, 6.07) is 7.44. The molecule has 0 aliphatic carbocycles. The monoisotopic (exact) mass is 300 g/mol. The molecule has 22 heavy (non-hydrogen) atoms. The molecule has 2 heterocycles. The third-order valence-electron chi connectivity index (χ3n) is 4.87. The van der Waals surface area contributed by atoms with Crippen molar-refractivity contribution in [2.45, 2.75) is 31.7 Å². The number of nitrogens with zero attached hydrogens (tertiary/aromatic N) is 3. The molecule has 3 rings (SSSR count). The third-order valence-corrected chi connectivity index (χ3v) is 4.87. The van der Waals surface area contributed by atoms with E-state index < -0.39 is 4.92 Å². The maximum Gasteiger partial charge on any atom is 0.287 e. The predicted molar refractivity (Wildman–Crippen MR) is 83.8 cm³/mol. The molecule has 0 amide bonds. The van der Waals surface area contributed by atoms with Crippen LogP contribution in [0.3, 0.4) is 0 Å². The van der Waals surface area contributed by atoms with Crippen LogP contribution in [0.1, 0.15) is 31.2 Å². The molecule has 1 aromatic rings. The first-order valence-corrected chi connectivity index (χ1v) is 7.86. The van der Waals surface area contributed by atoms with Crippen molar-refractivity contribution in [1.29, 1.82) is 5.26 Å². The number of anilines is 1. The minimum absolute atomic E-state index is 0.115. The summed E-state index contributed by atoms with van der Waals surface area (Å²) in [5.74, 6) is 0.729. The molecule has 0 aromatic heterocycles. The Balaban J connectivity index is 1.68. The molecule has 116 valence electrons. The lowest BCUT2D eigenvalue weighted by Gasteiger charge is -2.36. The van der Waals surface area contributed by atoms with E-state index >= 15 is 0 Å². The lowest BCUT2D eigenvalue weighted by Crippen LogP contribution is -2.40. The van der Waals surface area contributed by atoms with E-state index in [2.05, 4.69) is 10.2 Å². The van der Waals surface area contributed by atoms with Crippen LogP contribution in [0.5, 0.6) is 0 Å². The average Bonchev–Trinajstić information content (AvgIpc) is 3.08. The maximum atomic E-state index is 10.9. The second-order valence-electron chi connectivity index (χ2n) is 6.10. The van der Waals surface area contributed by atoms with Crippen LogP contribution < -0.4 is 10.2 Å². The molecular formula is C16H20N4O2. The number of hydrogen-bond acceptors (Lipinski definition) is 5. The van der Waals surface area contributed by atoms with E-state index in [1.165, 1.54) is 18.9 Å². The van der Waals surface area contributed by atoms with Gasteiger partial charge in [0.15, 0.2) is 0 Å². The van der Waals surface area contributed by atoms with Crippen LogP contribution >= 0.6 is 0 Å². The summed E-state index contributed by atoms with van der Waals surface area (Å²) in [5, 5.41) is 23.6. The molecule has 0 saturated carbocycles. The van der Waals surface area contributed by atoms with E-state index in [1.807, 2.05) is 6.07 Å². The summed E-state index contributed by atoms with van der Waals surface area (Å²) < 4.78 is 0. The Hall–Kier alpha value is -2.13. The first-order chi connectivity index (χ1) is 10.7. The van der Waals surface area contributed by atoms with Crippen LogP contribution in [0.2, 0.25) is 0 Å². The molecule has 1 N–H and O–H groups in total. The quantitative estimate of drug-likeness (QED) is 0.685. The Labute approximate surface area is 129 Å². The Bertz CT molecular complexity index is 597. The highest BCUT2D eigenvalue weighted by Gasteiger charge is 2.28. The predicted octanol–water partition coefficient (Wildman–Crippen LogP) is 2.43.